The molecule has 0 bridgehead atoms. The standard InChI is InChI=1S/C13H11F2N3O/c1-7-4-8(13(16)17)5-12(18-7)19-9-2-3-10(14)11(15)6-9/h2-6H,1H3,(H3,16,17). The van der Waals surface area contributed by atoms with Gasteiger partial charge in [-0.05, 0) is 25.1 Å². The lowest BCUT2D eigenvalue weighted by molar-refractivity contribution is 0.446. The molecule has 0 unspecified atom stereocenters. The smallest absolute Gasteiger partial charge is 0.220 e. The number of rotatable bonds is 3. The molecule has 0 aliphatic heterocycles. The van der Waals surface area contributed by atoms with Gasteiger partial charge in [0.1, 0.15) is 11.6 Å². The summed E-state index contributed by atoms with van der Waals surface area (Å²) in [6.45, 7) is 1.71. The number of halogens is 2. The Morgan fingerprint density at radius 3 is 2.58 bits per heavy atom. The Hall–Kier alpha value is -2.50. The quantitative estimate of drug-likeness (QED) is 0.660. The number of nitrogens with zero attached hydrogens (tertiary/aromatic N) is 1. The van der Waals surface area contributed by atoms with Crippen molar-refractivity contribution in [3.05, 3.63) is 53.2 Å². The highest BCUT2D eigenvalue weighted by Crippen LogP contribution is 2.22. The first kappa shape index (κ1) is 12.9. The first-order chi connectivity index (χ1) is 8.95. The van der Waals surface area contributed by atoms with E-state index in [0.717, 1.165) is 12.1 Å². The van der Waals surface area contributed by atoms with Crippen LogP contribution >= 0.6 is 0 Å². The summed E-state index contributed by atoms with van der Waals surface area (Å²) in [6.07, 6.45) is 0. The molecule has 0 fully saturated rings. The normalized spacial score (nSPS) is 10.3. The van der Waals surface area contributed by atoms with Crippen molar-refractivity contribution >= 4 is 5.84 Å². The first-order valence-corrected chi connectivity index (χ1v) is 5.41. The van der Waals surface area contributed by atoms with Gasteiger partial charge in [-0.1, -0.05) is 0 Å². The molecule has 0 saturated carbocycles. The van der Waals surface area contributed by atoms with E-state index < -0.39 is 11.6 Å². The number of aromatic nitrogens is 1. The van der Waals surface area contributed by atoms with E-state index in [4.69, 9.17) is 15.9 Å². The molecule has 0 spiro atoms. The van der Waals surface area contributed by atoms with Crippen LogP contribution in [0.4, 0.5) is 8.78 Å². The lowest BCUT2D eigenvalue weighted by atomic mass is 10.2. The molecular formula is C13H11F2N3O. The molecule has 6 heteroatoms. The molecule has 2 rings (SSSR count). The number of aryl methyl sites for hydroxylation is 1. The fourth-order valence-corrected chi connectivity index (χ4v) is 1.51. The monoisotopic (exact) mass is 263 g/mol. The zero-order valence-electron chi connectivity index (χ0n) is 10.1. The Morgan fingerprint density at radius 1 is 1.21 bits per heavy atom. The van der Waals surface area contributed by atoms with Crippen LogP contribution in [0.2, 0.25) is 0 Å². The van der Waals surface area contributed by atoms with Crippen molar-refractivity contribution in [3.63, 3.8) is 0 Å². The van der Waals surface area contributed by atoms with Crippen LogP contribution in [0.3, 0.4) is 0 Å². The number of hydrogen-bond acceptors (Lipinski definition) is 3. The van der Waals surface area contributed by atoms with E-state index in [1.165, 1.54) is 12.1 Å². The van der Waals surface area contributed by atoms with Crippen LogP contribution in [0.1, 0.15) is 11.3 Å². The van der Waals surface area contributed by atoms with E-state index >= 15 is 0 Å². The first-order valence-electron chi connectivity index (χ1n) is 5.41. The Labute approximate surface area is 108 Å². The lowest BCUT2D eigenvalue weighted by Crippen LogP contribution is -2.11. The molecule has 2 aromatic rings. The fourth-order valence-electron chi connectivity index (χ4n) is 1.51. The van der Waals surface area contributed by atoms with Gasteiger partial charge < -0.3 is 10.5 Å². The van der Waals surface area contributed by atoms with Crippen LogP contribution < -0.4 is 10.5 Å². The van der Waals surface area contributed by atoms with Crippen LogP contribution in [0.15, 0.2) is 30.3 Å². The number of nitrogen functional groups attached to an aromatic ring is 1. The van der Waals surface area contributed by atoms with Crippen LogP contribution in [-0.4, -0.2) is 10.8 Å². The van der Waals surface area contributed by atoms with Gasteiger partial charge in [-0.3, -0.25) is 5.41 Å². The van der Waals surface area contributed by atoms with Gasteiger partial charge >= 0.3 is 0 Å². The lowest BCUT2D eigenvalue weighted by Gasteiger charge is -2.08. The second kappa shape index (κ2) is 5.01. The predicted octanol–water partition coefficient (Wildman–Crippen LogP) is 2.74. The molecule has 98 valence electrons. The van der Waals surface area contributed by atoms with Crippen LogP contribution in [0.25, 0.3) is 0 Å². The van der Waals surface area contributed by atoms with Crippen LogP contribution in [-0.2, 0) is 0 Å². The van der Waals surface area contributed by atoms with Gasteiger partial charge in [0, 0.05) is 23.4 Å². The van der Waals surface area contributed by atoms with Crippen molar-refractivity contribution < 1.29 is 13.5 Å². The Balaban J connectivity index is 2.32. The van der Waals surface area contributed by atoms with Crippen LogP contribution in [0, 0.1) is 24.0 Å². The maximum atomic E-state index is 13.0. The van der Waals surface area contributed by atoms with Gasteiger partial charge in [0.15, 0.2) is 11.6 Å². The minimum atomic E-state index is -1.00. The summed E-state index contributed by atoms with van der Waals surface area (Å²) >= 11 is 0. The molecule has 0 aliphatic carbocycles. The van der Waals surface area contributed by atoms with Crippen molar-refractivity contribution in [1.29, 1.82) is 5.41 Å². The minimum Gasteiger partial charge on any atom is -0.439 e. The number of hydrogen-bond donors (Lipinski definition) is 2. The van der Waals surface area contributed by atoms with Crippen molar-refractivity contribution in [2.75, 3.05) is 0 Å². The minimum absolute atomic E-state index is 0.117. The molecule has 0 amide bonds. The summed E-state index contributed by atoms with van der Waals surface area (Å²) in [5, 5.41) is 7.36. The van der Waals surface area contributed by atoms with Gasteiger partial charge in [-0.2, -0.15) is 0 Å². The predicted molar refractivity (Wildman–Crippen MR) is 66.4 cm³/mol. The number of nitrogens with one attached hydrogen (secondary N) is 1. The topological polar surface area (TPSA) is 72.0 Å². The second-order valence-electron chi connectivity index (χ2n) is 3.93. The number of ether oxygens (including phenoxy) is 1. The summed E-state index contributed by atoms with van der Waals surface area (Å²) in [5.41, 5.74) is 6.43. The molecule has 0 saturated heterocycles. The molecule has 3 N–H and O–H groups in total. The third kappa shape index (κ3) is 3.04. The van der Waals surface area contributed by atoms with E-state index in [9.17, 15) is 8.78 Å². The molecule has 0 aliphatic rings. The molecular weight excluding hydrogens is 252 g/mol. The van der Waals surface area contributed by atoms with Gasteiger partial charge in [0.05, 0.1) is 0 Å². The molecule has 1 aromatic heterocycles. The zero-order chi connectivity index (χ0) is 14.0. The highest BCUT2D eigenvalue weighted by Gasteiger charge is 2.07. The van der Waals surface area contributed by atoms with Gasteiger partial charge in [0.2, 0.25) is 5.88 Å². The van der Waals surface area contributed by atoms with Crippen molar-refractivity contribution in [3.8, 4) is 11.6 Å². The average molecular weight is 263 g/mol. The Morgan fingerprint density at radius 2 is 1.95 bits per heavy atom. The molecule has 0 radical (unpaired) electrons. The Kier molecular flexibility index (Phi) is 3.41. The molecule has 1 heterocycles. The SMILES string of the molecule is Cc1cc(C(=N)N)cc(Oc2ccc(F)c(F)c2)n1. The second-order valence-corrected chi connectivity index (χ2v) is 3.93. The fraction of sp³-hybridized carbons (Fsp3) is 0.0769. The van der Waals surface area contributed by atoms with Crippen molar-refractivity contribution in [1.82, 2.24) is 4.98 Å². The van der Waals surface area contributed by atoms with Gasteiger partial charge in [0.25, 0.3) is 0 Å². The summed E-state index contributed by atoms with van der Waals surface area (Å²) in [4.78, 5) is 4.07. The summed E-state index contributed by atoms with van der Waals surface area (Å²) in [5.74, 6) is -1.80. The largest absolute Gasteiger partial charge is 0.439 e. The molecule has 19 heavy (non-hydrogen) atoms. The molecule has 4 nitrogen and oxygen atoms in total. The third-order valence-electron chi connectivity index (χ3n) is 2.35. The highest BCUT2D eigenvalue weighted by molar-refractivity contribution is 5.95. The number of pyridine rings is 1. The van der Waals surface area contributed by atoms with E-state index in [1.54, 1.807) is 13.0 Å². The zero-order valence-corrected chi connectivity index (χ0v) is 10.1. The van der Waals surface area contributed by atoms with E-state index in [0.29, 0.717) is 11.3 Å². The number of benzene rings is 1. The Bertz CT molecular complexity index is 644. The van der Waals surface area contributed by atoms with Gasteiger partial charge in [-0.25, -0.2) is 13.8 Å². The summed E-state index contributed by atoms with van der Waals surface area (Å²) in [6, 6.07) is 6.26. The van der Waals surface area contributed by atoms with E-state index in [1.807, 2.05) is 0 Å². The maximum Gasteiger partial charge on any atom is 0.220 e. The van der Waals surface area contributed by atoms with Gasteiger partial charge in [-0.15, -0.1) is 0 Å². The maximum absolute atomic E-state index is 13.0. The number of amidine groups is 1. The van der Waals surface area contributed by atoms with Crippen LogP contribution in [0.5, 0.6) is 11.6 Å². The molecule has 0 atom stereocenters. The average Bonchev–Trinajstić information content (AvgIpc) is 2.33. The van der Waals surface area contributed by atoms with E-state index in [2.05, 4.69) is 4.98 Å². The van der Waals surface area contributed by atoms with E-state index in [-0.39, 0.29) is 17.5 Å². The number of nitrogens with two attached hydrogens (primary N) is 1. The molecule has 1 aromatic carbocycles. The third-order valence-corrected chi connectivity index (χ3v) is 2.35. The summed E-state index contributed by atoms with van der Waals surface area (Å²) < 4.78 is 31.1. The van der Waals surface area contributed by atoms with Crippen molar-refractivity contribution in [2.45, 2.75) is 6.92 Å². The van der Waals surface area contributed by atoms with Crippen molar-refractivity contribution in [2.24, 2.45) is 5.73 Å². The summed E-state index contributed by atoms with van der Waals surface area (Å²) in [7, 11) is 0. The highest BCUT2D eigenvalue weighted by atomic mass is 19.2.